The number of aryl methyl sites for hydroxylation is 1. The lowest BCUT2D eigenvalue weighted by molar-refractivity contribution is 0.0945. The molecule has 4 aromatic rings. The highest BCUT2D eigenvalue weighted by molar-refractivity contribution is 7.20. The van der Waals surface area contributed by atoms with E-state index in [2.05, 4.69) is 10.3 Å². The maximum absolute atomic E-state index is 13.0. The number of para-hydroxylation sites is 1. The third kappa shape index (κ3) is 3.31. The molecular formula is C21H19N3O2S. The summed E-state index contributed by atoms with van der Waals surface area (Å²) in [7, 11) is 3.54. The number of aromatic nitrogens is 2. The number of benzene rings is 2. The van der Waals surface area contributed by atoms with E-state index in [1.54, 1.807) is 13.3 Å². The molecular weight excluding hydrogens is 358 g/mol. The van der Waals surface area contributed by atoms with Crippen molar-refractivity contribution in [2.75, 3.05) is 7.11 Å². The highest BCUT2D eigenvalue weighted by atomic mass is 32.1. The van der Waals surface area contributed by atoms with E-state index in [1.165, 1.54) is 11.3 Å². The zero-order valence-corrected chi connectivity index (χ0v) is 15.9. The Balaban J connectivity index is 1.73. The lowest BCUT2D eigenvalue weighted by Gasteiger charge is -2.21. The minimum atomic E-state index is -0.418. The van der Waals surface area contributed by atoms with Crippen LogP contribution >= 0.6 is 11.3 Å². The molecule has 4 rings (SSSR count). The fraction of sp³-hybridized carbons (Fsp3) is 0.143. The van der Waals surface area contributed by atoms with Crippen molar-refractivity contribution >= 4 is 27.3 Å². The van der Waals surface area contributed by atoms with Crippen molar-refractivity contribution in [3.8, 4) is 5.75 Å². The van der Waals surface area contributed by atoms with Crippen molar-refractivity contribution in [2.24, 2.45) is 7.05 Å². The van der Waals surface area contributed by atoms with Crippen molar-refractivity contribution in [2.45, 2.75) is 6.04 Å². The second-order valence-corrected chi connectivity index (χ2v) is 7.28. The number of hydrogen-bond acceptors (Lipinski definition) is 4. The van der Waals surface area contributed by atoms with Gasteiger partial charge in [0.05, 0.1) is 12.0 Å². The fourth-order valence-electron chi connectivity index (χ4n) is 3.14. The van der Waals surface area contributed by atoms with Crippen LogP contribution in [0.1, 0.15) is 27.1 Å². The van der Waals surface area contributed by atoms with Gasteiger partial charge in [0.25, 0.3) is 5.91 Å². The molecule has 0 aliphatic carbocycles. The Morgan fingerprint density at radius 1 is 1.19 bits per heavy atom. The molecule has 0 aliphatic rings. The average molecular weight is 377 g/mol. The first-order valence-electron chi connectivity index (χ1n) is 8.57. The predicted octanol–water partition coefficient (Wildman–Crippen LogP) is 4.16. The third-order valence-electron chi connectivity index (χ3n) is 4.49. The number of nitrogens with one attached hydrogen (secondary N) is 1. The number of rotatable bonds is 5. The molecule has 27 heavy (non-hydrogen) atoms. The van der Waals surface area contributed by atoms with Crippen molar-refractivity contribution in [1.82, 2.24) is 14.9 Å². The van der Waals surface area contributed by atoms with E-state index in [-0.39, 0.29) is 5.91 Å². The van der Waals surface area contributed by atoms with Crippen molar-refractivity contribution in [3.05, 3.63) is 83.3 Å². The molecule has 2 aromatic heterocycles. The van der Waals surface area contributed by atoms with Gasteiger partial charge in [0.15, 0.2) is 0 Å². The zero-order chi connectivity index (χ0) is 18.8. The molecule has 1 amide bonds. The largest absolute Gasteiger partial charge is 0.496 e. The van der Waals surface area contributed by atoms with E-state index in [0.29, 0.717) is 10.6 Å². The molecule has 5 nitrogen and oxygen atoms in total. The average Bonchev–Trinajstić information content (AvgIpc) is 3.32. The van der Waals surface area contributed by atoms with Gasteiger partial charge in [-0.05, 0) is 23.6 Å². The molecule has 0 bridgehead atoms. The van der Waals surface area contributed by atoms with E-state index in [1.807, 2.05) is 72.4 Å². The van der Waals surface area contributed by atoms with Crippen LogP contribution in [0, 0.1) is 0 Å². The molecule has 0 saturated carbocycles. The molecule has 1 unspecified atom stereocenters. The van der Waals surface area contributed by atoms with Crippen LogP contribution in [0.4, 0.5) is 0 Å². The molecule has 0 spiro atoms. The second kappa shape index (κ2) is 7.25. The number of nitrogens with zero attached hydrogens (tertiary/aromatic N) is 2. The lowest BCUT2D eigenvalue weighted by Crippen LogP contribution is -2.30. The molecule has 0 fully saturated rings. The van der Waals surface area contributed by atoms with Gasteiger partial charge in [0, 0.05) is 29.7 Å². The Morgan fingerprint density at radius 3 is 2.70 bits per heavy atom. The fourth-order valence-corrected chi connectivity index (χ4v) is 4.10. The number of amides is 1. The first-order valence-corrected chi connectivity index (χ1v) is 9.38. The van der Waals surface area contributed by atoms with Crippen molar-refractivity contribution in [3.63, 3.8) is 0 Å². The maximum atomic E-state index is 13.0. The van der Waals surface area contributed by atoms with E-state index in [4.69, 9.17) is 4.74 Å². The summed E-state index contributed by atoms with van der Waals surface area (Å²) < 4.78 is 8.51. The Kier molecular flexibility index (Phi) is 4.64. The second-order valence-electron chi connectivity index (χ2n) is 6.19. The van der Waals surface area contributed by atoms with Crippen LogP contribution in [0.2, 0.25) is 0 Å². The van der Waals surface area contributed by atoms with Crippen LogP contribution in [-0.2, 0) is 7.05 Å². The number of imidazole rings is 1. The normalized spacial score (nSPS) is 12.1. The van der Waals surface area contributed by atoms with Crippen LogP contribution in [-0.4, -0.2) is 22.6 Å². The molecule has 0 radical (unpaired) electrons. The summed E-state index contributed by atoms with van der Waals surface area (Å²) in [6.07, 6.45) is 3.59. The van der Waals surface area contributed by atoms with Gasteiger partial charge in [-0.15, -0.1) is 11.3 Å². The van der Waals surface area contributed by atoms with Crippen LogP contribution in [0.25, 0.3) is 10.1 Å². The Bertz CT molecular complexity index is 1070. The van der Waals surface area contributed by atoms with Gasteiger partial charge in [-0.25, -0.2) is 4.98 Å². The number of thiophene rings is 1. The number of ether oxygens (including phenoxy) is 1. The van der Waals surface area contributed by atoms with Crippen LogP contribution in [0.3, 0.4) is 0 Å². The smallest absolute Gasteiger partial charge is 0.262 e. The number of carbonyl (C=O) groups is 1. The zero-order valence-electron chi connectivity index (χ0n) is 15.0. The van der Waals surface area contributed by atoms with Gasteiger partial charge in [-0.1, -0.05) is 36.4 Å². The summed E-state index contributed by atoms with van der Waals surface area (Å²) >= 11 is 1.48. The van der Waals surface area contributed by atoms with E-state index >= 15 is 0 Å². The van der Waals surface area contributed by atoms with Crippen molar-refractivity contribution in [1.29, 1.82) is 0 Å². The molecule has 136 valence electrons. The summed E-state index contributed by atoms with van der Waals surface area (Å²) in [5.74, 6) is 1.33. The molecule has 6 heteroatoms. The van der Waals surface area contributed by atoms with Gasteiger partial charge in [0.1, 0.15) is 17.6 Å². The minimum Gasteiger partial charge on any atom is -0.496 e. The van der Waals surface area contributed by atoms with Gasteiger partial charge in [-0.3, -0.25) is 4.79 Å². The van der Waals surface area contributed by atoms with Crippen molar-refractivity contribution < 1.29 is 9.53 Å². The highest BCUT2D eigenvalue weighted by Gasteiger charge is 2.25. The van der Waals surface area contributed by atoms with Crippen LogP contribution < -0.4 is 10.1 Å². The van der Waals surface area contributed by atoms with E-state index in [9.17, 15) is 4.79 Å². The van der Waals surface area contributed by atoms with Crippen LogP contribution in [0.15, 0.2) is 67.0 Å². The number of methoxy groups -OCH3 is 1. The summed E-state index contributed by atoms with van der Waals surface area (Å²) in [5, 5.41) is 4.20. The quantitative estimate of drug-likeness (QED) is 0.568. The molecule has 2 heterocycles. The Morgan fingerprint density at radius 2 is 1.96 bits per heavy atom. The SMILES string of the molecule is COc1ccccc1C(NC(=O)c1cc2ccccc2s1)c1nccn1C. The summed E-state index contributed by atoms with van der Waals surface area (Å²) in [5.41, 5.74) is 0.865. The van der Waals surface area contributed by atoms with Gasteiger partial charge in [-0.2, -0.15) is 0 Å². The van der Waals surface area contributed by atoms with Gasteiger partial charge in [0.2, 0.25) is 0 Å². The van der Waals surface area contributed by atoms with Crippen LogP contribution in [0.5, 0.6) is 5.75 Å². The van der Waals surface area contributed by atoms with E-state index in [0.717, 1.165) is 21.5 Å². The first-order chi connectivity index (χ1) is 13.2. The number of fused-ring (bicyclic) bond motifs is 1. The summed E-state index contributed by atoms with van der Waals surface area (Å²) in [6.45, 7) is 0. The molecule has 0 saturated heterocycles. The lowest BCUT2D eigenvalue weighted by atomic mass is 10.0. The summed E-state index contributed by atoms with van der Waals surface area (Å²) in [6, 6.07) is 17.2. The van der Waals surface area contributed by atoms with E-state index < -0.39 is 6.04 Å². The number of hydrogen-bond donors (Lipinski definition) is 1. The maximum Gasteiger partial charge on any atom is 0.262 e. The summed E-state index contributed by atoms with van der Waals surface area (Å²) in [4.78, 5) is 18.2. The molecule has 1 N–H and O–H groups in total. The minimum absolute atomic E-state index is 0.130. The highest BCUT2D eigenvalue weighted by Crippen LogP contribution is 2.31. The monoisotopic (exact) mass is 377 g/mol. The Hall–Kier alpha value is -3.12. The number of carbonyl (C=O) groups excluding carboxylic acids is 1. The predicted molar refractivity (Wildman–Crippen MR) is 107 cm³/mol. The molecule has 1 atom stereocenters. The van der Waals surface area contributed by atoms with Gasteiger partial charge < -0.3 is 14.6 Å². The Labute approximate surface area is 161 Å². The third-order valence-corrected chi connectivity index (χ3v) is 5.61. The van der Waals surface area contributed by atoms with Gasteiger partial charge >= 0.3 is 0 Å². The standard InChI is InChI=1S/C21H19N3O2S/c1-24-12-11-22-20(24)19(15-8-4-5-9-16(15)26-2)23-21(25)18-13-14-7-3-6-10-17(14)27-18/h3-13,19H,1-2H3,(H,23,25). The topological polar surface area (TPSA) is 56.1 Å². The first kappa shape index (κ1) is 17.3. The molecule has 0 aliphatic heterocycles. The molecule has 2 aromatic carbocycles.